The highest BCUT2D eigenvalue weighted by molar-refractivity contribution is 7.98. The minimum absolute atomic E-state index is 0.132. The minimum atomic E-state index is 0.132. The molecule has 0 radical (unpaired) electrons. The van der Waals surface area contributed by atoms with Crippen molar-refractivity contribution in [1.29, 1.82) is 0 Å². The number of thioether (sulfide) groups is 1. The smallest absolute Gasteiger partial charge is 0.253 e. The van der Waals surface area contributed by atoms with E-state index in [1.165, 1.54) is 4.90 Å². The quantitative estimate of drug-likeness (QED) is 0.758. The molecule has 1 saturated heterocycles. The maximum absolute atomic E-state index is 12.6. The molecule has 1 aliphatic rings. The minimum Gasteiger partial charge on any atom is -0.477 e. The fourth-order valence-corrected chi connectivity index (χ4v) is 3.45. The van der Waals surface area contributed by atoms with Crippen LogP contribution in [-0.2, 0) is 0 Å². The second kappa shape index (κ2) is 8.39. The summed E-state index contributed by atoms with van der Waals surface area (Å²) in [5, 5.41) is 0. The van der Waals surface area contributed by atoms with Crippen LogP contribution in [0.15, 0.2) is 47.5 Å². The standard InChI is InChI=1S/C20H24N2O2S/c1-15-4-3-11-21-19(15)24-14-16-9-12-22(13-10-16)20(23)17-5-7-18(25-2)8-6-17/h3-8,11,16H,9-10,12-14H2,1-2H3. The molecule has 1 aromatic carbocycles. The summed E-state index contributed by atoms with van der Waals surface area (Å²) in [5.74, 6) is 1.33. The van der Waals surface area contributed by atoms with Crippen molar-refractivity contribution in [1.82, 2.24) is 9.88 Å². The molecule has 1 aliphatic heterocycles. The summed E-state index contributed by atoms with van der Waals surface area (Å²) >= 11 is 1.69. The van der Waals surface area contributed by atoms with E-state index in [9.17, 15) is 4.79 Å². The van der Waals surface area contributed by atoms with Gasteiger partial charge in [-0.1, -0.05) is 6.07 Å². The summed E-state index contributed by atoms with van der Waals surface area (Å²) in [5.41, 5.74) is 1.83. The summed E-state index contributed by atoms with van der Waals surface area (Å²) in [6.07, 6.45) is 5.74. The van der Waals surface area contributed by atoms with Gasteiger partial charge in [-0.15, -0.1) is 11.8 Å². The van der Waals surface area contributed by atoms with Gasteiger partial charge in [0.15, 0.2) is 0 Å². The molecule has 2 heterocycles. The third-order valence-electron chi connectivity index (χ3n) is 4.66. The predicted octanol–water partition coefficient (Wildman–Crippen LogP) is 4.04. The van der Waals surface area contributed by atoms with Crippen molar-refractivity contribution in [3.8, 4) is 5.88 Å². The molecule has 0 saturated carbocycles. The fourth-order valence-electron chi connectivity index (χ4n) is 3.04. The summed E-state index contributed by atoms with van der Waals surface area (Å²) in [6.45, 7) is 4.25. The largest absolute Gasteiger partial charge is 0.477 e. The Balaban J connectivity index is 1.49. The molecule has 3 rings (SSSR count). The number of hydrogen-bond acceptors (Lipinski definition) is 4. The SMILES string of the molecule is CSc1ccc(C(=O)N2CCC(COc3ncccc3C)CC2)cc1. The molecule has 0 unspecified atom stereocenters. The highest BCUT2D eigenvalue weighted by Gasteiger charge is 2.24. The molecule has 1 amide bonds. The lowest BCUT2D eigenvalue weighted by molar-refractivity contribution is 0.0659. The van der Waals surface area contributed by atoms with Gasteiger partial charge in [0.1, 0.15) is 0 Å². The molecule has 1 aromatic heterocycles. The average molecular weight is 356 g/mol. The number of nitrogens with zero attached hydrogens (tertiary/aromatic N) is 2. The van der Waals surface area contributed by atoms with Gasteiger partial charge in [-0.3, -0.25) is 4.79 Å². The number of rotatable bonds is 5. The van der Waals surface area contributed by atoms with Gasteiger partial charge < -0.3 is 9.64 Å². The molecule has 0 atom stereocenters. The Bertz CT molecular complexity index is 710. The normalized spacial score (nSPS) is 15.2. The molecular formula is C20H24N2O2S. The van der Waals surface area contributed by atoms with E-state index >= 15 is 0 Å². The molecule has 2 aromatic rings. The molecule has 132 valence electrons. The van der Waals surface area contributed by atoms with Gasteiger partial charge in [0.05, 0.1) is 6.61 Å². The monoisotopic (exact) mass is 356 g/mol. The lowest BCUT2D eigenvalue weighted by Gasteiger charge is -2.32. The van der Waals surface area contributed by atoms with Gasteiger partial charge in [0, 0.05) is 35.3 Å². The number of piperidine rings is 1. The molecule has 0 aliphatic carbocycles. The molecule has 4 nitrogen and oxygen atoms in total. The van der Waals surface area contributed by atoms with Crippen LogP contribution < -0.4 is 4.74 Å². The van der Waals surface area contributed by atoms with Crippen molar-refractivity contribution in [2.75, 3.05) is 26.0 Å². The van der Waals surface area contributed by atoms with Crippen molar-refractivity contribution >= 4 is 17.7 Å². The number of aromatic nitrogens is 1. The lowest BCUT2D eigenvalue weighted by Crippen LogP contribution is -2.39. The topological polar surface area (TPSA) is 42.4 Å². The summed E-state index contributed by atoms with van der Waals surface area (Å²) in [7, 11) is 0. The molecular weight excluding hydrogens is 332 g/mol. The third-order valence-corrected chi connectivity index (χ3v) is 5.40. The van der Waals surface area contributed by atoms with Gasteiger partial charge in [-0.25, -0.2) is 4.98 Å². The van der Waals surface area contributed by atoms with E-state index in [1.54, 1.807) is 18.0 Å². The van der Waals surface area contributed by atoms with E-state index < -0.39 is 0 Å². The first-order chi connectivity index (χ1) is 12.2. The average Bonchev–Trinajstić information content (AvgIpc) is 2.67. The van der Waals surface area contributed by atoms with E-state index in [1.807, 2.05) is 54.5 Å². The molecule has 0 bridgehead atoms. The van der Waals surface area contributed by atoms with E-state index in [-0.39, 0.29) is 5.91 Å². The van der Waals surface area contributed by atoms with E-state index in [0.717, 1.165) is 42.9 Å². The lowest BCUT2D eigenvalue weighted by atomic mass is 9.97. The first-order valence-corrected chi connectivity index (χ1v) is 9.87. The highest BCUT2D eigenvalue weighted by Crippen LogP contribution is 2.22. The number of amides is 1. The van der Waals surface area contributed by atoms with Gasteiger partial charge in [0.25, 0.3) is 5.91 Å². The summed E-state index contributed by atoms with van der Waals surface area (Å²) in [4.78, 5) is 20.0. The van der Waals surface area contributed by atoms with Crippen molar-refractivity contribution in [3.05, 3.63) is 53.7 Å². The zero-order chi connectivity index (χ0) is 17.6. The van der Waals surface area contributed by atoms with Crippen LogP contribution in [0.5, 0.6) is 5.88 Å². The van der Waals surface area contributed by atoms with Gasteiger partial charge in [-0.05, 0) is 62.3 Å². The third kappa shape index (κ3) is 4.54. The molecule has 5 heteroatoms. The fraction of sp³-hybridized carbons (Fsp3) is 0.400. The van der Waals surface area contributed by atoms with Gasteiger partial charge in [0.2, 0.25) is 5.88 Å². The predicted molar refractivity (Wildman–Crippen MR) is 101 cm³/mol. The summed E-state index contributed by atoms with van der Waals surface area (Å²) in [6, 6.07) is 11.8. The zero-order valence-corrected chi connectivity index (χ0v) is 15.6. The Morgan fingerprint density at radius 1 is 1.24 bits per heavy atom. The molecule has 0 spiro atoms. The molecule has 0 N–H and O–H groups in total. The van der Waals surface area contributed by atoms with Crippen molar-refractivity contribution in [2.45, 2.75) is 24.7 Å². The van der Waals surface area contributed by atoms with Crippen molar-refractivity contribution in [3.63, 3.8) is 0 Å². The van der Waals surface area contributed by atoms with E-state index in [0.29, 0.717) is 12.5 Å². The number of carbonyl (C=O) groups excluding carboxylic acids is 1. The second-order valence-corrected chi connectivity index (χ2v) is 7.28. The number of pyridine rings is 1. The van der Waals surface area contributed by atoms with Crippen LogP contribution in [-0.4, -0.2) is 41.7 Å². The number of carbonyl (C=O) groups is 1. The maximum Gasteiger partial charge on any atom is 0.253 e. The van der Waals surface area contributed by atoms with E-state index in [4.69, 9.17) is 4.74 Å². The Labute approximate surface area is 153 Å². The van der Waals surface area contributed by atoms with Crippen LogP contribution in [0.25, 0.3) is 0 Å². The zero-order valence-electron chi connectivity index (χ0n) is 14.8. The second-order valence-electron chi connectivity index (χ2n) is 6.40. The number of ether oxygens (including phenoxy) is 1. The van der Waals surface area contributed by atoms with Crippen LogP contribution in [0.1, 0.15) is 28.8 Å². The van der Waals surface area contributed by atoms with Gasteiger partial charge in [-0.2, -0.15) is 0 Å². The number of aryl methyl sites for hydroxylation is 1. The Kier molecular flexibility index (Phi) is 5.97. The van der Waals surface area contributed by atoms with Crippen molar-refractivity contribution < 1.29 is 9.53 Å². The van der Waals surface area contributed by atoms with Gasteiger partial charge >= 0.3 is 0 Å². The Morgan fingerprint density at radius 3 is 2.60 bits per heavy atom. The number of hydrogen-bond donors (Lipinski definition) is 0. The summed E-state index contributed by atoms with van der Waals surface area (Å²) < 4.78 is 5.87. The van der Waals surface area contributed by atoms with Crippen LogP contribution in [0.3, 0.4) is 0 Å². The van der Waals surface area contributed by atoms with Crippen LogP contribution >= 0.6 is 11.8 Å². The highest BCUT2D eigenvalue weighted by atomic mass is 32.2. The number of likely N-dealkylation sites (tertiary alicyclic amines) is 1. The number of benzene rings is 1. The first kappa shape index (κ1) is 17.8. The van der Waals surface area contributed by atoms with Crippen LogP contribution in [0.4, 0.5) is 0 Å². The maximum atomic E-state index is 12.6. The van der Waals surface area contributed by atoms with E-state index in [2.05, 4.69) is 4.98 Å². The Morgan fingerprint density at radius 2 is 1.96 bits per heavy atom. The van der Waals surface area contributed by atoms with Crippen molar-refractivity contribution in [2.24, 2.45) is 5.92 Å². The molecule has 1 fully saturated rings. The Hall–Kier alpha value is -2.01. The molecule has 25 heavy (non-hydrogen) atoms. The first-order valence-electron chi connectivity index (χ1n) is 8.65. The van der Waals surface area contributed by atoms with Crippen LogP contribution in [0, 0.1) is 12.8 Å². The van der Waals surface area contributed by atoms with Crippen LogP contribution in [0.2, 0.25) is 0 Å².